The Kier molecular flexibility index (Phi) is 2.83. The first-order valence-electron chi connectivity index (χ1n) is 6.65. The topological polar surface area (TPSA) is 74.7 Å². The second kappa shape index (κ2) is 4.49. The minimum absolute atomic E-state index is 0.512. The van der Waals surface area contributed by atoms with Gasteiger partial charge in [0.2, 0.25) is 0 Å². The lowest BCUT2D eigenvalue weighted by Gasteiger charge is -2.22. The Labute approximate surface area is 107 Å². The van der Waals surface area contributed by atoms with E-state index in [1.807, 2.05) is 6.07 Å². The van der Waals surface area contributed by atoms with Gasteiger partial charge in [0.25, 0.3) is 0 Å². The highest BCUT2D eigenvalue weighted by molar-refractivity contribution is 5.63. The Morgan fingerprint density at radius 1 is 1.44 bits per heavy atom. The maximum absolute atomic E-state index is 8.76. The Morgan fingerprint density at radius 3 is 2.94 bits per heavy atom. The van der Waals surface area contributed by atoms with E-state index >= 15 is 0 Å². The number of fused-ring (bicyclic) bond motifs is 2. The summed E-state index contributed by atoms with van der Waals surface area (Å²) in [5.74, 6) is 3.37. The van der Waals surface area contributed by atoms with Crippen LogP contribution in [0.5, 0.6) is 0 Å². The van der Waals surface area contributed by atoms with Crippen LogP contribution < -0.4 is 11.1 Å². The number of nitrogens with zero attached hydrogens (tertiary/aromatic N) is 2. The van der Waals surface area contributed by atoms with Gasteiger partial charge in [-0.15, -0.1) is 0 Å². The normalized spacial score (nSPS) is 29.2. The van der Waals surface area contributed by atoms with Crippen molar-refractivity contribution in [1.82, 2.24) is 4.98 Å². The van der Waals surface area contributed by atoms with Crippen molar-refractivity contribution in [1.29, 1.82) is 5.26 Å². The smallest absolute Gasteiger partial charge is 0.149 e. The van der Waals surface area contributed by atoms with Gasteiger partial charge in [0.05, 0.1) is 11.3 Å². The van der Waals surface area contributed by atoms with Gasteiger partial charge in [-0.25, -0.2) is 4.98 Å². The summed E-state index contributed by atoms with van der Waals surface area (Å²) in [4.78, 5) is 4.21. The summed E-state index contributed by atoms with van der Waals surface area (Å²) in [6.45, 7) is 0.963. The summed E-state index contributed by atoms with van der Waals surface area (Å²) in [7, 11) is 0. The van der Waals surface area contributed by atoms with Gasteiger partial charge in [0.15, 0.2) is 0 Å². The molecule has 0 saturated heterocycles. The first-order chi connectivity index (χ1) is 8.76. The fourth-order valence-corrected chi connectivity index (χ4v) is 3.54. The molecular formula is C14H18N4. The Hall–Kier alpha value is -1.76. The van der Waals surface area contributed by atoms with Crippen molar-refractivity contribution in [2.75, 3.05) is 17.6 Å². The van der Waals surface area contributed by atoms with Crippen LogP contribution in [0.2, 0.25) is 0 Å². The van der Waals surface area contributed by atoms with E-state index in [0.717, 1.165) is 30.1 Å². The number of aromatic nitrogens is 1. The van der Waals surface area contributed by atoms with Crippen LogP contribution in [0.1, 0.15) is 31.2 Å². The molecule has 2 saturated carbocycles. The molecule has 3 atom stereocenters. The molecule has 4 nitrogen and oxygen atoms in total. The van der Waals surface area contributed by atoms with Crippen LogP contribution in [-0.2, 0) is 0 Å². The second-order valence-electron chi connectivity index (χ2n) is 5.59. The van der Waals surface area contributed by atoms with Crippen LogP contribution in [0.4, 0.5) is 11.5 Å². The molecule has 2 bridgehead atoms. The minimum atomic E-state index is 0.512. The van der Waals surface area contributed by atoms with Crippen molar-refractivity contribution in [3.63, 3.8) is 0 Å². The van der Waals surface area contributed by atoms with Crippen molar-refractivity contribution < 1.29 is 0 Å². The molecule has 3 rings (SSSR count). The molecule has 1 aromatic heterocycles. The van der Waals surface area contributed by atoms with E-state index < -0.39 is 0 Å². The Bertz CT molecular complexity index is 491. The van der Waals surface area contributed by atoms with Gasteiger partial charge in [-0.3, -0.25) is 0 Å². The minimum Gasteiger partial charge on any atom is -0.396 e. The molecule has 2 aliphatic carbocycles. The second-order valence-corrected chi connectivity index (χ2v) is 5.59. The van der Waals surface area contributed by atoms with Gasteiger partial charge in [0.1, 0.15) is 11.9 Å². The van der Waals surface area contributed by atoms with Crippen LogP contribution in [0.3, 0.4) is 0 Å². The van der Waals surface area contributed by atoms with Gasteiger partial charge in [-0.2, -0.15) is 5.26 Å². The lowest BCUT2D eigenvalue weighted by molar-refractivity contribution is 0.348. The molecule has 2 aliphatic rings. The van der Waals surface area contributed by atoms with Crippen molar-refractivity contribution in [2.45, 2.75) is 25.7 Å². The fourth-order valence-electron chi connectivity index (χ4n) is 3.54. The van der Waals surface area contributed by atoms with Gasteiger partial charge >= 0.3 is 0 Å². The molecule has 0 amide bonds. The third-order valence-electron chi connectivity index (χ3n) is 4.46. The zero-order valence-corrected chi connectivity index (χ0v) is 10.4. The molecule has 0 radical (unpaired) electrons. The summed E-state index contributed by atoms with van der Waals surface area (Å²) in [6.07, 6.45) is 7.17. The van der Waals surface area contributed by atoms with E-state index in [-0.39, 0.29) is 0 Å². The molecule has 2 fully saturated rings. The van der Waals surface area contributed by atoms with Crippen molar-refractivity contribution in [3.05, 3.63) is 17.8 Å². The number of pyridine rings is 1. The van der Waals surface area contributed by atoms with Gasteiger partial charge < -0.3 is 11.1 Å². The summed E-state index contributed by atoms with van der Waals surface area (Å²) in [5.41, 5.74) is 6.96. The summed E-state index contributed by atoms with van der Waals surface area (Å²) >= 11 is 0. The van der Waals surface area contributed by atoms with E-state index in [4.69, 9.17) is 11.0 Å². The van der Waals surface area contributed by atoms with E-state index in [2.05, 4.69) is 10.3 Å². The zero-order valence-electron chi connectivity index (χ0n) is 10.4. The number of anilines is 2. The molecule has 1 heterocycles. The predicted molar refractivity (Wildman–Crippen MR) is 70.8 cm³/mol. The standard InChI is InChI=1S/C14H18N4/c15-6-10-5-13(16)14(17-7-10)18-8-12-4-9-1-2-11(12)3-9/h5,7,9,11-12H,1-4,8,16H2,(H,17,18). The molecular weight excluding hydrogens is 224 g/mol. The first kappa shape index (κ1) is 11.3. The summed E-state index contributed by atoms with van der Waals surface area (Å²) in [5, 5.41) is 12.1. The summed E-state index contributed by atoms with van der Waals surface area (Å²) < 4.78 is 0. The number of nitrogen functional groups attached to an aromatic ring is 1. The average Bonchev–Trinajstić information content (AvgIpc) is 2.99. The monoisotopic (exact) mass is 242 g/mol. The van der Waals surface area contributed by atoms with Crippen molar-refractivity contribution >= 4 is 11.5 Å². The van der Waals surface area contributed by atoms with Gasteiger partial charge in [-0.05, 0) is 43.1 Å². The molecule has 94 valence electrons. The average molecular weight is 242 g/mol. The highest BCUT2D eigenvalue weighted by Crippen LogP contribution is 2.48. The number of nitriles is 1. The van der Waals surface area contributed by atoms with E-state index in [1.165, 1.54) is 25.7 Å². The zero-order chi connectivity index (χ0) is 12.5. The highest BCUT2D eigenvalue weighted by Gasteiger charge is 2.39. The number of hydrogen-bond donors (Lipinski definition) is 2. The SMILES string of the molecule is N#Cc1cnc(NCC2CC3CCC2C3)c(N)c1. The number of hydrogen-bond acceptors (Lipinski definition) is 4. The van der Waals surface area contributed by atoms with E-state index in [0.29, 0.717) is 11.3 Å². The third-order valence-corrected chi connectivity index (χ3v) is 4.46. The number of nitrogens with two attached hydrogens (primary N) is 1. The van der Waals surface area contributed by atoms with Gasteiger partial charge in [-0.1, -0.05) is 6.42 Å². The highest BCUT2D eigenvalue weighted by atomic mass is 15.0. The Balaban J connectivity index is 1.62. The largest absolute Gasteiger partial charge is 0.396 e. The first-order valence-corrected chi connectivity index (χ1v) is 6.65. The molecule has 18 heavy (non-hydrogen) atoms. The van der Waals surface area contributed by atoms with Crippen molar-refractivity contribution in [2.24, 2.45) is 17.8 Å². The molecule has 4 heteroatoms. The maximum atomic E-state index is 8.76. The lowest BCUT2D eigenvalue weighted by atomic mass is 9.89. The van der Waals surface area contributed by atoms with Crippen LogP contribution in [0, 0.1) is 29.1 Å². The quantitative estimate of drug-likeness (QED) is 0.853. The van der Waals surface area contributed by atoms with Crippen LogP contribution in [0.25, 0.3) is 0 Å². The Morgan fingerprint density at radius 2 is 2.33 bits per heavy atom. The predicted octanol–water partition coefficient (Wildman–Crippen LogP) is 2.38. The molecule has 1 aromatic rings. The summed E-state index contributed by atoms with van der Waals surface area (Å²) in [6, 6.07) is 3.72. The van der Waals surface area contributed by atoms with Gasteiger partial charge in [0, 0.05) is 12.7 Å². The fraction of sp³-hybridized carbons (Fsp3) is 0.571. The van der Waals surface area contributed by atoms with Crippen LogP contribution in [-0.4, -0.2) is 11.5 Å². The van der Waals surface area contributed by atoms with E-state index in [1.54, 1.807) is 12.3 Å². The molecule has 0 aromatic carbocycles. The molecule has 3 unspecified atom stereocenters. The molecule has 0 spiro atoms. The van der Waals surface area contributed by atoms with Crippen LogP contribution in [0.15, 0.2) is 12.3 Å². The van der Waals surface area contributed by atoms with Crippen LogP contribution >= 0.6 is 0 Å². The van der Waals surface area contributed by atoms with Crippen molar-refractivity contribution in [3.8, 4) is 6.07 Å². The maximum Gasteiger partial charge on any atom is 0.149 e. The molecule has 0 aliphatic heterocycles. The van der Waals surface area contributed by atoms with E-state index in [9.17, 15) is 0 Å². The third kappa shape index (κ3) is 2.01. The number of nitrogens with one attached hydrogen (secondary N) is 1. The molecule has 3 N–H and O–H groups in total. The lowest BCUT2D eigenvalue weighted by Crippen LogP contribution is -2.21. The number of rotatable bonds is 3.